The Morgan fingerprint density at radius 3 is 2.65 bits per heavy atom. The van der Waals surface area contributed by atoms with Crippen LogP contribution in [0, 0.1) is 6.92 Å². The second kappa shape index (κ2) is 4.64. The molecule has 0 spiro atoms. The van der Waals surface area contributed by atoms with Crippen LogP contribution >= 0.6 is 0 Å². The summed E-state index contributed by atoms with van der Waals surface area (Å²) in [7, 11) is 2.10. The molecule has 0 atom stereocenters. The van der Waals surface area contributed by atoms with Crippen molar-refractivity contribution in [3.8, 4) is 22.8 Å². The van der Waals surface area contributed by atoms with Gasteiger partial charge in [-0.1, -0.05) is 30.3 Å². The van der Waals surface area contributed by atoms with E-state index in [4.69, 9.17) is 9.15 Å². The van der Waals surface area contributed by atoms with Crippen molar-refractivity contribution in [3.63, 3.8) is 0 Å². The number of pyridine rings is 1. The molecule has 0 radical (unpaired) electrons. The van der Waals surface area contributed by atoms with Crippen molar-refractivity contribution in [3.05, 3.63) is 66.4 Å². The van der Waals surface area contributed by atoms with Crippen LogP contribution in [0.1, 0.15) is 5.56 Å². The molecule has 0 bridgehead atoms. The third kappa shape index (κ3) is 1.60. The van der Waals surface area contributed by atoms with Crippen molar-refractivity contribution in [1.82, 2.24) is 0 Å². The van der Waals surface area contributed by atoms with Gasteiger partial charge in [0.2, 0.25) is 5.69 Å². The van der Waals surface area contributed by atoms with Crippen LogP contribution in [0.25, 0.3) is 44.0 Å². The molecule has 3 heteroatoms. The first-order valence-corrected chi connectivity index (χ1v) is 8.77. The molecular formula is C23H16NO2+. The topological polar surface area (TPSA) is 26.2 Å². The molecule has 0 aliphatic carbocycles. The number of furan rings is 1. The molecule has 1 aliphatic rings. The SMILES string of the molecule is Cc1c2c(cc3oc4ccccc4c13)Oc1cccc3cc[n+](C)c-2c13. The van der Waals surface area contributed by atoms with Crippen molar-refractivity contribution in [2.75, 3.05) is 0 Å². The Bertz CT molecular complexity index is 1380. The lowest BCUT2D eigenvalue weighted by atomic mass is 9.93. The zero-order valence-corrected chi connectivity index (χ0v) is 14.5. The maximum absolute atomic E-state index is 6.32. The average molecular weight is 338 g/mol. The molecule has 124 valence electrons. The fraction of sp³-hybridized carbons (Fsp3) is 0.0870. The maximum atomic E-state index is 6.32. The van der Waals surface area contributed by atoms with Gasteiger partial charge < -0.3 is 9.15 Å². The highest BCUT2D eigenvalue weighted by molar-refractivity contribution is 6.12. The fourth-order valence-electron chi connectivity index (χ4n) is 4.32. The summed E-state index contributed by atoms with van der Waals surface area (Å²) >= 11 is 0. The summed E-state index contributed by atoms with van der Waals surface area (Å²) in [6.45, 7) is 2.17. The lowest BCUT2D eigenvalue weighted by molar-refractivity contribution is -0.659. The van der Waals surface area contributed by atoms with Crippen LogP contribution in [-0.2, 0) is 7.05 Å². The highest BCUT2D eigenvalue weighted by Gasteiger charge is 2.31. The molecule has 0 fully saturated rings. The number of hydrogen-bond donors (Lipinski definition) is 0. The number of fused-ring (bicyclic) bond motifs is 5. The van der Waals surface area contributed by atoms with Crippen molar-refractivity contribution >= 4 is 32.7 Å². The summed E-state index contributed by atoms with van der Waals surface area (Å²) < 4.78 is 14.6. The summed E-state index contributed by atoms with van der Waals surface area (Å²) in [5.74, 6) is 1.76. The molecule has 0 unspecified atom stereocenters. The van der Waals surface area contributed by atoms with Crippen LogP contribution in [-0.4, -0.2) is 0 Å². The highest BCUT2D eigenvalue weighted by atomic mass is 16.5. The zero-order valence-electron chi connectivity index (χ0n) is 14.5. The normalized spacial score (nSPS) is 12.5. The van der Waals surface area contributed by atoms with Crippen LogP contribution in [0.5, 0.6) is 11.5 Å². The zero-order chi connectivity index (χ0) is 17.4. The largest absolute Gasteiger partial charge is 0.456 e. The summed E-state index contributed by atoms with van der Waals surface area (Å²) in [5, 5.41) is 4.67. The summed E-state index contributed by atoms with van der Waals surface area (Å²) in [6.07, 6.45) is 2.12. The third-order valence-corrected chi connectivity index (χ3v) is 5.46. The van der Waals surface area contributed by atoms with Gasteiger partial charge in [-0.2, -0.15) is 0 Å². The van der Waals surface area contributed by atoms with Gasteiger partial charge in [-0.3, -0.25) is 0 Å². The molecule has 0 N–H and O–H groups in total. The molecule has 1 aliphatic heterocycles. The summed E-state index contributed by atoms with van der Waals surface area (Å²) in [5.41, 5.74) is 5.32. The van der Waals surface area contributed by atoms with Gasteiger partial charge in [0.05, 0.1) is 10.9 Å². The molecule has 3 nitrogen and oxygen atoms in total. The highest BCUT2D eigenvalue weighted by Crippen LogP contribution is 2.49. The first-order chi connectivity index (χ1) is 12.7. The summed E-state index contributed by atoms with van der Waals surface area (Å²) in [4.78, 5) is 0. The minimum atomic E-state index is 0.857. The number of para-hydroxylation sites is 1. The maximum Gasteiger partial charge on any atom is 0.228 e. The Labute approximate surface area is 150 Å². The van der Waals surface area contributed by atoms with Gasteiger partial charge in [-0.15, -0.1) is 0 Å². The van der Waals surface area contributed by atoms with Crippen molar-refractivity contribution in [2.24, 2.45) is 7.05 Å². The second-order valence-corrected chi connectivity index (χ2v) is 6.94. The molecule has 5 aromatic rings. The van der Waals surface area contributed by atoms with Gasteiger partial charge in [-0.25, -0.2) is 4.57 Å². The molecule has 3 aromatic carbocycles. The standard InChI is InChI=1S/C23H16NO2/c1-13-20-15-7-3-4-8-16(15)25-18(20)12-19-21(13)23-22-14(10-11-24(23)2)6-5-9-17(22)26-19/h3-12H,1-2H3/q+1. The van der Waals surface area contributed by atoms with Gasteiger partial charge in [0, 0.05) is 22.9 Å². The van der Waals surface area contributed by atoms with E-state index in [1.54, 1.807) is 0 Å². The molecule has 0 saturated heterocycles. The van der Waals surface area contributed by atoms with Crippen LogP contribution in [0.3, 0.4) is 0 Å². The molecule has 0 amide bonds. The van der Waals surface area contributed by atoms with Gasteiger partial charge in [0.25, 0.3) is 0 Å². The number of hydrogen-bond acceptors (Lipinski definition) is 2. The van der Waals surface area contributed by atoms with Crippen LogP contribution < -0.4 is 9.30 Å². The first kappa shape index (κ1) is 13.9. The Hall–Kier alpha value is -3.33. The number of benzene rings is 3. The van der Waals surface area contributed by atoms with E-state index < -0.39 is 0 Å². The number of aryl methyl sites for hydroxylation is 2. The lowest BCUT2D eigenvalue weighted by Gasteiger charge is -2.20. The Kier molecular flexibility index (Phi) is 2.48. The van der Waals surface area contributed by atoms with Crippen molar-refractivity contribution in [1.29, 1.82) is 0 Å². The van der Waals surface area contributed by atoms with E-state index in [0.29, 0.717) is 0 Å². The second-order valence-electron chi connectivity index (χ2n) is 6.94. The van der Waals surface area contributed by atoms with Crippen LogP contribution in [0.2, 0.25) is 0 Å². The van der Waals surface area contributed by atoms with E-state index in [0.717, 1.165) is 33.6 Å². The molecule has 6 rings (SSSR count). The fourth-order valence-corrected chi connectivity index (χ4v) is 4.32. The van der Waals surface area contributed by atoms with Gasteiger partial charge in [0.1, 0.15) is 29.7 Å². The van der Waals surface area contributed by atoms with Gasteiger partial charge >= 0.3 is 0 Å². The molecule has 3 heterocycles. The van der Waals surface area contributed by atoms with E-state index in [1.807, 2.05) is 30.3 Å². The minimum Gasteiger partial charge on any atom is -0.456 e. The Morgan fingerprint density at radius 1 is 0.846 bits per heavy atom. The molecule has 0 saturated carbocycles. The molecular weight excluding hydrogens is 322 g/mol. The van der Waals surface area contributed by atoms with Crippen molar-refractivity contribution in [2.45, 2.75) is 6.92 Å². The minimum absolute atomic E-state index is 0.857. The van der Waals surface area contributed by atoms with E-state index in [9.17, 15) is 0 Å². The number of ether oxygens (including phenoxy) is 1. The van der Waals surface area contributed by atoms with Gasteiger partial charge in [-0.05, 0) is 30.0 Å². The smallest absolute Gasteiger partial charge is 0.228 e. The van der Waals surface area contributed by atoms with Gasteiger partial charge in [0.15, 0.2) is 6.20 Å². The van der Waals surface area contributed by atoms with E-state index in [1.165, 1.54) is 27.4 Å². The predicted molar refractivity (Wildman–Crippen MR) is 103 cm³/mol. The Morgan fingerprint density at radius 2 is 1.73 bits per heavy atom. The average Bonchev–Trinajstić information content (AvgIpc) is 3.02. The quantitative estimate of drug-likeness (QED) is 0.335. The molecule has 2 aromatic heterocycles. The number of aromatic nitrogens is 1. The Balaban J connectivity index is 1.85. The number of nitrogens with zero attached hydrogens (tertiary/aromatic N) is 1. The lowest BCUT2D eigenvalue weighted by Crippen LogP contribution is -2.31. The summed E-state index contributed by atoms with van der Waals surface area (Å²) in [6, 6.07) is 18.6. The van der Waals surface area contributed by atoms with Crippen molar-refractivity contribution < 1.29 is 13.7 Å². The first-order valence-electron chi connectivity index (χ1n) is 8.77. The van der Waals surface area contributed by atoms with E-state index in [-0.39, 0.29) is 0 Å². The predicted octanol–water partition coefficient (Wildman–Crippen LogP) is 5.64. The molecule has 26 heavy (non-hydrogen) atoms. The monoisotopic (exact) mass is 338 g/mol. The third-order valence-electron chi connectivity index (χ3n) is 5.46. The number of rotatable bonds is 0. The van der Waals surface area contributed by atoms with E-state index >= 15 is 0 Å². The van der Waals surface area contributed by atoms with Crippen LogP contribution in [0.15, 0.2) is 65.2 Å². The van der Waals surface area contributed by atoms with E-state index in [2.05, 4.69) is 49.0 Å². The van der Waals surface area contributed by atoms with Crippen LogP contribution in [0.4, 0.5) is 0 Å².